The lowest BCUT2D eigenvalue weighted by Crippen LogP contribution is -2.35. The summed E-state index contributed by atoms with van der Waals surface area (Å²) in [6.45, 7) is 3.58. The molecule has 0 saturated carbocycles. The first-order valence-corrected chi connectivity index (χ1v) is 6.68. The molecule has 0 saturated heterocycles. The molecule has 0 aromatic heterocycles. The zero-order chi connectivity index (χ0) is 13.9. The predicted molar refractivity (Wildman–Crippen MR) is 70.3 cm³/mol. The van der Waals surface area contributed by atoms with Crippen LogP contribution >= 0.6 is 15.9 Å². The minimum atomic E-state index is -1.15. The highest BCUT2D eigenvalue weighted by atomic mass is 79.9. The summed E-state index contributed by atoms with van der Waals surface area (Å²) in [5, 5.41) is 21.4. The highest BCUT2D eigenvalue weighted by Crippen LogP contribution is 2.39. The molecule has 0 spiro atoms. The quantitative estimate of drug-likeness (QED) is 0.676. The van der Waals surface area contributed by atoms with Crippen molar-refractivity contribution in [2.24, 2.45) is 5.41 Å². The van der Waals surface area contributed by atoms with Crippen LogP contribution in [-0.4, -0.2) is 27.5 Å². The van der Waals surface area contributed by atoms with Gasteiger partial charge in [-0.15, -0.1) is 0 Å². The standard InChI is InChI=1S/C12H16BrNO4/c1-7-9(11(17)18)14-8(10(15)16)6-12(7,2)4-3-5-13/h6,14H,3-5H2,1-2H3,(H,15,16)(H,17,18). The summed E-state index contributed by atoms with van der Waals surface area (Å²) in [6.07, 6.45) is 3.13. The van der Waals surface area contributed by atoms with Crippen LogP contribution in [0.4, 0.5) is 0 Å². The third kappa shape index (κ3) is 2.93. The van der Waals surface area contributed by atoms with Gasteiger partial charge in [0.2, 0.25) is 0 Å². The SMILES string of the molecule is CC1=C(C(=O)O)NC(C(=O)O)=CC1(C)CCCBr. The van der Waals surface area contributed by atoms with Crippen molar-refractivity contribution in [3.8, 4) is 0 Å². The van der Waals surface area contributed by atoms with Crippen LogP contribution in [0, 0.1) is 5.41 Å². The van der Waals surface area contributed by atoms with Gasteiger partial charge in [0.15, 0.2) is 0 Å². The molecule has 0 bridgehead atoms. The Morgan fingerprint density at radius 1 is 1.39 bits per heavy atom. The van der Waals surface area contributed by atoms with Gasteiger partial charge in [0, 0.05) is 10.7 Å². The summed E-state index contributed by atoms with van der Waals surface area (Å²) in [5.41, 5.74) is 0.00324. The number of allylic oxidation sites excluding steroid dienone is 2. The predicted octanol–water partition coefficient (Wildman–Crippen LogP) is 2.10. The molecular formula is C12H16BrNO4. The molecule has 1 aliphatic heterocycles. The largest absolute Gasteiger partial charge is 0.477 e. The minimum absolute atomic E-state index is 0.0352. The summed E-state index contributed by atoms with van der Waals surface area (Å²) in [4.78, 5) is 22.2. The Morgan fingerprint density at radius 2 is 2.00 bits per heavy atom. The zero-order valence-corrected chi connectivity index (χ0v) is 11.9. The maximum Gasteiger partial charge on any atom is 0.352 e. The second kappa shape index (κ2) is 5.56. The number of aliphatic carboxylic acids is 2. The summed E-state index contributed by atoms with van der Waals surface area (Å²) in [5.74, 6) is -2.28. The monoisotopic (exact) mass is 317 g/mol. The smallest absolute Gasteiger partial charge is 0.352 e. The van der Waals surface area contributed by atoms with Crippen molar-refractivity contribution in [2.75, 3.05) is 5.33 Å². The summed E-state index contributed by atoms with van der Waals surface area (Å²) in [6, 6.07) is 0. The molecule has 0 aliphatic carbocycles. The van der Waals surface area contributed by atoms with Crippen LogP contribution in [0.5, 0.6) is 0 Å². The Balaban J connectivity index is 3.20. The fourth-order valence-electron chi connectivity index (χ4n) is 2.00. The Kier molecular flexibility index (Phi) is 4.56. The molecule has 1 atom stereocenters. The molecule has 1 heterocycles. The molecule has 5 nitrogen and oxygen atoms in total. The van der Waals surface area contributed by atoms with E-state index in [1.54, 1.807) is 13.0 Å². The Labute approximate surface area is 114 Å². The number of halogens is 1. The lowest BCUT2D eigenvalue weighted by atomic mass is 9.75. The summed E-state index contributed by atoms with van der Waals surface area (Å²) in [7, 11) is 0. The molecule has 1 rings (SSSR count). The van der Waals surface area contributed by atoms with Gasteiger partial charge in [-0.05, 0) is 31.4 Å². The Bertz CT molecular complexity index is 441. The van der Waals surface area contributed by atoms with E-state index in [0.717, 1.165) is 11.8 Å². The van der Waals surface area contributed by atoms with E-state index in [-0.39, 0.29) is 11.4 Å². The van der Waals surface area contributed by atoms with Crippen LogP contribution < -0.4 is 5.32 Å². The van der Waals surface area contributed by atoms with Crippen LogP contribution in [0.25, 0.3) is 0 Å². The fraction of sp³-hybridized carbons (Fsp3) is 0.500. The lowest BCUT2D eigenvalue weighted by molar-refractivity contribution is -0.133. The second-order valence-corrected chi connectivity index (χ2v) is 5.30. The number of rotatable bonds is 5. The van der Waals surface area contributed by atoms with Crippen LogP contribution in [0.15, 0.2) is 23.0 Å². The van der Waals surface area contributed by atoms with E-state index in [1.807, 2.05) is 6.92 Å². The van der Waals surface area contributed by atoms with Crippen molar-refractivity contribution in [3.05, 3.63) is 23.0 Å². The van der Waals surface area contributed by atoms with Crippen LogP contribution in [0.1, 0.15) is 26.7 Å². The van der Waals surface area contributed by atoms with Crippen LogP contribution in [-0.2, 0) is 9.59 Å². The fourth-order valence-corrected chi connectivity index (χ4v) is 2.28. The highest BCUT2D eigenvalue weighted by Gasteiger charge is 2.34. The van der Waals surface area contributed by atoms with E-state index in [2.05, 4.69) is 21.2 Å². The molecular weight excluding hydrogens is 302 g/mol. The van der Waals surface area contributed by atoms with Crippen molar-refractivity contribution in [2.45, 2.75) is 26.7 Å². The van der Waals surface area contributed by atoms with E-state index in [0.29, 0.717) is 12.0 Å². The van der Waals surface area contributed by atoms with E-state index in [1.165, 1.54) is 0 Å². The number of carboxylic acid groups (broad SMARTS) is 2. The molecule has 1 aliphatic rings. The molecule has 1 unspecified atom stereocenters. The van der Waals surface area contributed by atoms with Gasteiger partial charge < -0.3 is 15.5 Å². The third-order valence-corrected chi connectivity index (χ3v) is 3.79. The lowest BCUT2D eigenvalue weighted by Gasteiger charge is -2.33. The van der Waals surface area contributed by atoms with Gasteiger partial charge >= 0.3 is 11.9 Å². The van der Waals surface area contributed by atoms with Gasteiger partial charge in [-0.1, -0.05) is 22.9 Å². The van der Waals surface area contributed by atoms with Crippen LogP contribution in [0.3, 0.4) is 0 Å². The van der Waals surface area contributed by atoms with E-state index in [4.69, 9.17) is 10.2 Å². The molecule has 0 aromatic carbocycles. The van der Waals surface area contributed by atoms with Gasteiger partial charge in [0.25, 0.3) is 0 Å². The number of carboxylic acids is 2. The van der Waals surface area contributed by atoms with Crippen molar-refractivity contribution in [3.63, 3.8) is 0 Å². The third-order valence-electron chi connectivity index (χ3n) is 3.23. The minimum Gasteiger partial charge on any atom is -0.477 e. The maximum absolute atomic E-state index is 11.1. The average molecular weight is 318 g/mol. The number of carbonyl (C=O) groups is 2. The number of nitrogens with one attached hydrogen (secondary N) is 1. The van der Waals surface area contributed by atoms with E-state index in [9.17, 15) is 9.59 Å². The normalized spacial score (nSPS) is 23.4. The molecule has 100 valence electrons. The summed E-state index contributed by atoms with van der Waals surface area (Å²) >= 11 is 3.32. The molecule has 6 heteroatoms. The first kappa shape index (κ1) is 14.8. The number of hydrogen-bond donors (Lipinski definition) is 3. The molecule has 18 heavy (non-hydrogen) atoms. The van der Waals surface area contributed by atoms with Gasteiger partial charge in [-0.3, -0.25) is 0 Å². The summed E-state index contributed by atoms with van der Waals surface area (Å²) < 4.78 is 0. The highest BCUT2D eigenvalue weighted by molar-refractivity contribution is 9.09. The van der Waals surface area contributed by atoms with Crippen molar-refractivity contribution in [1.29, 1.82) is 0 Å². The molecule has 0 radical (unpaired) electrons. The molecule has 3 N–H and O–H groups in total. The van der Waals surface area contributed by atoms with Crippen molar-refractivity contribution < 1.29 is 19.8 Å². The second-order valence-electron chi connectivity index (χ2n) is 4.50. The molecule has 0 aromatic rings. The number of hydrogen-bond acceptors (Lipinski definition) is 3. The Hall–Kier alpha value is -1.30. The molecule has 0 amide bonds. The van der Waals surface area contributed by atoms with Gasteiger partial charge in [0.05, 0.1) is 0 Å². The number of dihydropyridines is 1. The van der Waals surface area contributed by atoms with Gasteiger partial charge in [-0.2, -0.15) is 0 Å². The van der Waals surface area contributed by atoms with E-state index < -0.39 is 17.4 Å². The van der Waals surface area contributed by atoms with Gasteiger partial charge in [0.1, 0.15) is 11.4 Å². The Morgan fingerprint density at radius 3 is 2.44 bits per heavy atom. The molecule has 0 fully saturated rings. The van der Waals surface area contributed by atoms with Crippen molar-refractivity contribution >= 4 is 27.9 Å². The number of alkyl halides is 1. The topological polar surface area (TPSA) is 86.6 Å². The van der Waals surface area contributed by atoms with E-state index >= 15 is 0 Å². The van der Waals surface area contributed by atoms with Gasteiger partial charge in [-0.25, -0.2) is 9.59 Å². The average Bonchev–Trinajstić information content (AvgIpc) is 2.29. The van der Waals surface area contributed by atoms with Crippen LogP contribution in [0.2, 0.25) is 0 Å². The zero-order valence-electron chi connectivity index (χ0n) is 10.3. The first-order valence-electron chi connectivity index (χ1n) is 5.55. The first-order chi connectivity index (χ1) is 8.31. The maximum atomic E-state index is 11.1. The van der Waals surface area contributed by atoms with Crippen molar-refractivity contribution in [1.82, 2.24) is 5.32 Å².